The van der Waals surface area contributed by atoms with Crippen LogP contribution in [0.5, 0.6) is 0 Å². The highest BCUT2D eigenvalue weighted by atomic mass is 16.3. The zero-order valence-electron chi connectivity index (χ0n) is 9.76. The van der Waals surface area contributed by atoms with Gasteiger partial charge in [-0.05, 0) is 24.3 Å². The minimum Gasteiger partial charge on any atom is -0.395 e. The van der Waals surface area contributed by atoms with Gasteiger partial charge in [-0.1, -0.05) is 6.07 Å². The molecule has 1 saturated carbocycles. The summed E-state index contributed by atoms with van der Waals surface area (Å²) < 4.78 is 1.53. The van der Waals surface area contributed by atoms with Gasteiger partial charge in [0.2, 0.25) is 0 Å². The van der Waals surface area contributed by atoms with Crippen molar-refractivity contribution in [3.05, 3.63) is 34.2 Å². The first kappa shape index (κ1) is 12.0. The minimum absolute atomic E-state index is 0.0352. The lowest BCUT2D eigenvalue weighted by Crippen LogP contribution is -2.22. The van der Waals surface area contributed by atoms with Crippen molar-refractivity contribution >= 4 is 5.78 Å². The van der Waals surface area contributed by atoms with Gasteiger partial charge < -0.3 is 9.67 Å². The number of Topliss-reactive ketones (excluding diaryl/α,β-unsaturated/α-hetero) is 1. The molecule has 0 saturated heterocycles. The lowest BCUT2D eigenvalue weighted by atomic mass is 9.84. The van der Waals surface area contributed by atoms with Gasteiger partial charge in [-0.15, -0.1) is 0 Å². The van der Waals surface area contributed by atoms with Crippen molar-refractivity contribution in [1.29, 1.82) is 0 Å². The highest BCUT2D eigenvalue weighted by molar-refractivity contribution is 5.79. The lowest BCUT2D eigenvalue weighted by Gasteiger charge is -2.21. The van der Waals surface area contributed by atoms with E-state index in [9.17, 15) is 9.59 Å². The number of pyridine rings is 1. The number of aromatic nitrogens is 1. The summed E-state index contributed by atoms with van der Waals surface area (Å²) in [5.41, 5.74) is 1.01. The van der Waals surface area contributed by atoms with Crippen molar-refractivity contribution < 1.29 is 9.90 Å². The van der Waals surface area contributed by atoms with Crippen LogP contribution in [0, 0.1) is 0 Å². The Bertz CT molecular complexity index is 454. The van der Waals surface area contributed by atoms with Crippen molar-refractivity contribution in [2.75, 3.05) is 6.61 Å². The molecule has 0 radical (unpaired) electrons. The third kappa shape index (κ3) is 2.82. The van der Waals surface area contributed by atoms with Gasteiger partial charge in [-0.3, -0.25) is 9.59 Å². The summed E-state index contributed by atoms with van der Waals surface area (Å²) in [5.74, 6) is 0.711. The van der Waals surface area contributed by atoms with E-state index < -0.39 is 0 Å². The standard InChI is InChI=1S/C13H17NO3/c15-8-7-14-9-11(3-6-13(14)17)10-1-4-12(16)5-2-10/h3,6,9-10,15H,1-2,4-5,7-8H2. The SMILES string of the molecule is O=C1CCC(c2ccc(=O)n(CCO)c2)CC1. The van der Waals surface area contributed by atoms with Gasteiger partial charge in [0.1, 0.15) is 5.78 Å². The van der Waals surface area contributed by atoms with Crippen LogP contribution >= 0.6 is 0 Å². The Morgan fingerprint density at radius 1 is 1.24 bits per heavy atom. The lowest BCUT2D eigenvalue weighted by molar-refractivity contribution is -0.120. The van der Waals surface area contributed by atoms with E-state index in [1.165, 1.54) is 4.57 Å². The fourth-order valence-electron chi connectivity index (χ4n) is 2.35. The minimum atomic E-state index is -0.0883. The molecule has 2 rings (SSSR count). The molecule has 1 fully saturated rings. The molecule has 1 heterocycles. The predicted molar refractivity (Wildman–Crippen MR) is 64.0 cm³/mol. The molecule has 0 bridgehead atoms. The summed E-state index contributed by atoms with van der Waals surface area (Å²) in [6.07, 6.45) is 4.85. The van der Waals surface area contributed by atoms with E-state index in [1.54, 1.807) is 6.07 Å². The molecule has 0 aliphatic heterocycles. The fourth-order valence-corrected chi connectivity index (χ4v) is 2.35. The van der Waals surface area contributed by atoms with Crippen molar-refractivity contribution in [2.45, 2.75) is 38.1 Å². The first-order valence-corrected chi connectivity index (χ1v) is 6.03. The highest BCUT2D eigenvalue weighted by Gasteiger charge is 2.20. The second kappa shape index (κ2) is 5.27. The Hall–Kier alpha value is -1.42. The molecule has 1 aromatic rings. The Morgan fingerprint density at radius 2 is 1.94 bits per heavy atom. The average molecular weight is 235 g/mol. The van der Waals surface area contributed by atoms with E-state index in [0.29, 0.717) is 31.1 Å². The van der Waals surface area contributed by atoms with E-state index in [1.807, 2.05) is 12.3 Å². The average Bonchev–Trinajstić information content (AvgIpc) is 2.33. The molecule has 0 spiro atoms. The van der Waals surface area contributed by atoms with Gasteiger partial charge >= 0.3 is 0 Å². The number of nitrogens with zero attached hydrogens (tertiary/aromatic N) is 1. The maximum Gasteiger partial charge on any atom is 0.250 e. The smallest absolute Gasteiger partial charge is 0.250 e. The van der Waals surface area contributed by atoms with Gasteiger partial charge in [0, 0.05) is 31.6 Å². The van der Waals surface area contributed by atoms with Crippen LogP contribution in [0.3, 0.4) is 0 Å². The molecule has 1 aliphatic rings. The van der Waals surface area contributed by atoms with Gasteiger partial charge in [-0.25, -0.2) is 0 Å². The normalized spacial score (nSPS) is 17.4. The molecule has 0 atom stereocenters. The molecule has 17 heavy (non-hydrogen) atoms. The Kier molecular flexibility index (Phi) is 3.74. The molecule has 0 aromatic carbocycles. The van der Waals surface area contributed by atoms with E-state index in [2.05, 4.69) is 0 Å². The Labute approximate surface area is 99.9 Å². The topological polar surface area (TPSA) is 59.3 Å². The zero-order chi connectivity index (χ0) is 12.3. The summed E-state index contributed by atoms with van der Waals surface area (Å²) in [5, 5.41) is 8.88. The largest absolute Gasteiger partial charge is 0.395 e. The molecular formula is C13H17NO3. The Morgan fingerprint density at radius 3 is 2.59 bits per heavy atom. The number of ketones is 1. The molecular weight excluding hydrogens is 218 g/mol. The molecule has 4 heteroatoms. The summed E-state index contributed by atoms with van der Waals surface area (Å²) in [7, 11) is 0. The van der Waals surface area contributed by atoms with Gasteiger partial charge in [0.25, 0.3) is 5.56 Å². The van der Waals surface area contributed by atoms with E-state index in [4.69, 9.17) is 5.11 Å². The molecule has 1 aliphatic carbocycles. The van der Waals surface area contributed by atoms with Crippen LogP contribution in [-0.4, -0.2) is 22.1 Å². The van der Waals surface area contributed by atoms with Gasteiger partial charge in [0.15, 0.2) is 0 Å². The van der Waals surface area contributed by atoms with Crippen LogP contribution in [0.25, 0.3) is 0 Å². The second-order valence-corrected chi connectivity index (χ2v) is 4.53. The van der Waals surface area contributed by atoms with Gasteiger partial charge in [0.05, 0.1) is 6.61 Å². The second-order valence-electron chi connectivity index (χ2n) is 4.53. The van der Waals surface area contributed by atoms with Crippen molar-refractivity contribution in [1.82, 2.24) is 4.57 Å². The van der Waals surface area contributed by atoms with Crippen LogP contribution in [-0.2, 0) is 11.3 Å². The van der Waals surface area contributed by atoms with Crippen molar-refractivity contribution in [3.8, 4) is 0 Å². The monoisotopic (exact) mass is 235 g/mol. The molecule has 1 N–H and O–H groups in total. The van der Waals surface area contributed by atoms with E-state index in [-0.39, 0.29) is 12.2 Å². The number of aliphatic hydroxyl groups excluding tert-OH is 1. The highest BCUT2D eigenvalue weighted by Crippen LogP contribution is 2.30. The number of hydrogen-bond acceptors (Lipinski definition) is 3. The number of hydrogen-bond donors (Lipinski definition) is 1. The van der Waals surface area contributed by atoms with Crippen LogP contribution in [0.2, 0.25) is 0 Å². The van der Waals surface area contributed by atoms with Crippen LogP contribution in [0.1, 0.15) is 37.2 Å². The van der Waals surface area contributed by atoms with Crippen LogP contribution in [0.4, 0.5) is 0 Å². The summed E-state index contributed by atoms with van der Waals surface area (Å²) in [6.45, 7) is 0.296. The molecule has 1 aromatic heterocycles. The number of carbonyl (C=O) groups excluding carboxylic acids is 1. The van der Waals surface area contributed by atoms with E-state index in [0.717, 1.165) is 18.4 Å². The molecule has 0 amide bonds. The predicted octanol–water partition coefficient (Wildman–Crippen LogP) is 1.07. The van der Waals surface area contributed by atoms with Crippen molar-refractivity contribution in [3.63, 3.8) is 0 Å². The summed E-state index contributed by atoms with van der Waals surface area (Å²) in [4.78, 5) is 22.7. The fraction of sp³-hybridized carbons (Fsp3) is 0.538. The van der Waals surface area contributed by atoms with Gasteiger partial charge in [-0.2, -0.15) is 0 Å². The third-order valence-corrected chi connectivity index (χ3v) is 3.36. The maximum atomic E-state index is 11.5. The zero-order valence-corrected chi connectivity index (χ0v) is 9.76. The number of rotatable bonds is 3. The first-order valence-electron chi connectivity index (χ1n) is 6.03. The van der Waals surface area contributed by atoms with E-state index >= 15 is 0 Å². The maximum absolute atomic E-state index is 11.5. The number of aliphatic hydroxyl groups is 1. The first-order chi connectivity index (χ1) is 8.20. The van der Waals surface area contributed by atoms with Crippen molar-refractivity contribution in [2.24, 2.45) is 0 Å². The summed E-state index contributed by atoms with van der Waals surface area (Å²) in [6, 6.07) is 3.39. The number of carbonyl (C=O) groups is 1. The Balaban J connectivity index is 2.18. The summed E-state index contributed by atoms with van der Waals surface area (Å²) >= 11 is 0. The quantitative estimate of drug-likeness (QED) is 0.852. The molecule has 4 nitrogen and oxygen atoms in total. The third-order valence-electron chi connectivity index (χ3n) is 3.36. The molecule has 92 valence electrons. The molecule has 0 unspecified atom stereocenters. The van der Waals surface area contributed by atoms with Crippen LogP contribution in [0.15, 0.2) is 23.1 Å². The van der Waals surface area contributed by atoms with Crippen LogP contribution < -0.4 is 5.56 Å².